The first kappa shape index (κ1) is 20.1. The lowest BCUT2D eigenvalue weighted by Crippen LogP contribution is -2.26. The first-order chi connectivity index (χ1) is 15.5. The van der Waals surface area contributed by atoms with E-state index in [9.17, 15) is 14.9 Å². The van der Waals surface area contributed by atoms with Gasteiger partial charge >= 0.3 is 5.97 Å². The number of benzene rings is 3. The van der Waals surface area contributed by atoms with Crippen LogP contribution in [0.3, 0.4) is 0 Å². The average molecular weight is 430 g/mol. The lowest BCUT2D eigenvalue weighted by Gasteiger charge is -2.34. The summed E-state index contributed by atoms with van der Waals surface area (Å²) in [4.78, 5) is 25.4. The molecular formula is C25H22N2O5. The molecule has 0 amide bonds. The average Bonchev–Trinajstić information content (AvgIpc) is 3.63. The van der Waals surface area contributed by atoms with Crippen molar-refractivity contribution in [2.24, 2.45) is 0 Å². The minimum absolute atomic E-state index is 0.0793. The molecule has 0 atom stereocenters. The van der Waals surface area contributed by atoms with Crippen molar-refractivity contribution in [3.8, 4) is 11.5 Å². The molecule has 1 aliphatic carbocycles. The molecule has 0 N–H and O–H groups in total. The van der Waals surface area contributed by atoms with Crippen molar-refractivity contribution in [3.05, 3.63) is 87.5 Å². The third-order valence-corrected chi connectivity index (χ3v) is 5.71. The Labute approximate surface area is 185 Å². The summed E-state index contributed by atoms with van der Waals surface area (Å²) in [6, 6.07) is 18.4. The summed E-state index contributed by atoms with van der Waals surface area (Å²) < 4.78 is 11.5. The number of rotatable bonds is 6. The molecule has 1 heterocycles. The van der Waals surface area contributed by atoms with Crippen LogP contribution in [0, 0.1) is 10.1 Å². The van der Waals surface area contributed by atoms with Crippen molar-refractivity contribution in [1.29, 1.82) is 0 Å². The minimum atomic E-state index is -0.397. The molecule has 0 aromatic heterocycles. The molecule has 1 aliphatic heterocycles. The number of nitro groups is 1. The summed E-state index contributed by atoms with van der Waals surface area (Å²) in [7, 11) is 0. The van der Waals surface area contributed by atoms with Gasteiger partial charge in [-0.3, -0.25) is 10.1 Å². The fourth-order valence-corrected chi connectivity index (χ4v) is 4.10. The van der Waals surface area contributed by atoms with Gasteiger partial charge in [-0.05, 0) is 61.6 Å². The Bertz CT molecular complexity index is 1200. The molecule has 3 aromatic rings. The van der Waals surface area contributed by atoms with Gasteiger partial charge in [-0.1, -0.05) is 24.3 Å². The van der Waals surface area contributed by atoms with Crippen LogP contribution in [-0.2, 0) is 11.2 Å². The number of hydrogen-bond donors (Lipinski definition) is 0. The van der Waals surface area contributed by atoms with Crippen molar-refractivity contribution in [2.75, 3.05) is 11.5 Å². The number of fused-ring (bicyclic) bond motifs is 2. The second-order valence-electron chi connectivity index (χ2n) is 7.98. The maximum Gasteiger partial charge on any atom is 0.340 e. The third-order valence-electron chi connectivity index (χ3n) is 5.71. The molecule has 0 unspecified atom stereocenters. The molecule has 0 spiro atoms. The number of nitrogens with zero attached hydrogens (tertiary/aromatic N) is 2. The molecule has 5 rings (SSSR count). The number of hydrogen-bond acceptors (Lipinski definition) is 6. The normalized spacial score (nSPS) is 14.2. The summed E-state index contributed by atoms with van der Waals surface area (Å²) in [6.07, 6.45) is 2.72. The second kappa shape index (κ2) is 8.00. The van der Waals surface area contributed by atoms with E-state index in [1.807, 2.05) is 24.3 Å². The number of para-hydroxylation sites is 1. The first-order valence-corrected chi connectivity index (χ1v) is 10.7. The molecule has 0 radical (unpaired) electrons. The van der Waals surface area contributed by atoms with Crippen LogP contribution < -0.4 is 9.64 Å². The van der Waals surface area contributed by atoms with Gasteiger partial charge in [0.1, 0.15) is 0 Å². The van der Waals surface area contributed by atoms with Crippen molar-refractivity contribution in [1.82, 2.24) is 0 Å². The smallest absolute Gasteiger partial charge is 0.340 e. The zero-order chi connectivity index (χ0) is 22.2. The van der Waals surface area contributed by atoms with E-state index in [2.05, 4.69) is 11.0 Å². The van der Waals surface area contributed by atoms with Gasteiger partial charge in [0.05, 0.1) is 28.5 Å². The quantitative estimate of drug-likeness (QED) is 0.281. The Kier molecular flexibility index (Phi) is 5.01. The molecule has 162 valence electrons. The molecule has 1 saturated carbocycles. The monoisotopic (exact) mass is 430 g/mol. The molecule has 3 aromatic carbocycles. The van der Waals surface area contributed by atoms with Crippen LogP contribution in [0.25, 0.3) is 0 Å². The van der Waals surface area contributed by atoms with Crippen LogP contribution in [0.2, 0.25) is 0 Å². The molecule has 2 aliphatic rings. The molecule has 1 fully saturated rings. The summed E-state index contributed by atoms with van der Waals surface area (Å²) in [5.41, 5.74) is 4.31. The lowest BCUT2D eigenvalue weighted by molar-refractivity contribution is -0.384. The van der Waals surface area contributed by atoms with Crippen LogP contribution in [0.15, 0.2) is 60.7 Å². The Hall–Kier alpha value is -3.87. The van der Waals surface area contributed by atoms with E-state index in [1.54, 1.807) is 25.1 Å². The number of esters is 1. The van der Waals surface area contributed by atoms with E-state index in [0.29, 0.717) is 30.4 Å². The Morgan fingerprint density at radius 3 is 2.53 bits per heavy atom. The van der Waals surface area contributed by atoms with Crippen LogP contribution in [0.1, 0.15) is 41.3 Å². The largest absolute Gasteiger partial charge is 0.462 e. The molecule has 0 saturated heterocycles. The van der Waals surface area contributed by atoms with E-state index in [0.717, 1.165) is 41.1 Å². The molecular weight excluding hydrogens is 408 g/mol. The van der Waals surface area contributed by atoms with Gasteiger partial charge in [0, 0.05) is 18.2 Å². The van der Waals surface area contributed by atoms with Gasteiger partial charge in [-0.25, -0.2) is 4.79 Å². The highest BCUT2D eigenvalue weighted by atomic mass is 16.6. The zero-order valence-corrected chi connectivity index (χ0v) is 17.6. The lowest BCUT2D eigenvalue weighted by atomic mass is 10.0. The maximum absolute atomic E-state index is 12.6. The van der Waals surface area contributed by atoms with Gasteiger partial charge < -0.3 is 14.4 Å². The van der Waals surface area contributed by atoms with Crippen LogP contribution >= 0.6 is 0 Å². The minimum Gasteiger partial charge on any atom is -0.462 e. The number of carbonyl (C=O) groups is 1. The Balaban J connectivity index is 1.51. The summed E-state index contributed by atoms with van der Waals surface area (Å²) in [5.74, 6) is 1.04. The van der Waals surface area contributed by atoms with E-state index in [-0.39, 0.29) is 11.7 Å². The molecule has 7 nitrogen and oxygen atoms in total. The van der Waals surface area contributed by atoms with Gasteiger partial charge in [0.15, 0.2) is 11.5 Å². The molecule has 7 heteroatoms. The number of anilines is 2. The van der Waals surface area contributed by atoms with Crippen molar-refractivity contribution in [2.45, 2.75) is 32.2 Å². The van der Waals surface area contributed by atoms with E-state index < -0.39 is 4.92 Å². The Morgan fingerprint density at radius 1 is 1.09 bits per heavy atom. The summed E-state index contributed by atoms with van der Waals surface area (Å²) in [5, 5.41) is 10.9. The van der Waals surface area contributed by atoms with E-state index in [4.69, 9.17) is 9.47 Å². The van der Waals surface area contributed by atoms with Gasteiger partial charge in [-0.15, -0.1) is 0 Å². The molecule has 32 heavy (non-hydrogen) atoms. The third kappa shape index (κ3) is 3.66. The molecule has 0 bridgehead atoms. The number of carbonyl (C=O) groups excluding carboxylic acids is 1. The van der Waals surface area contributed by atoms with Gasteiger partial charge in [0.25, 0.3) is 5.69 Å². The van der Waals surface area contributed by atoms with Crippen molar-refractivity contribution >= 4 is 23.0 Å². The van der Waals surface area contributed by atoms with E-state index >= 15 is 0 Å². The predicted octanol–water partition coefficient (Wildman–Crippen LogP) is 5.77. The van der Waals surface area contributed by atoms with Gasteiger partial charge in [-0.2, -0.15) is 0 Å². The van der Waals surface area contributed by atoms with Crippen LogP contribution in [-0.4, -0.2) is 23.5 Å². The predicted molar refractivity (Wildman–Crippen MR) is 120 cm³/mol. The summed E-state index contributed by atoms with van der Waals surface area (Å²) >= 11 is 0. The second-order valence-corrected chi connectivity index (χ2v) is 7.98. The van der Waals surface area contributed by atoms with E-state index in [1.165, 1.54) is 12.1 Å². The van der Waals surface area contributed by atoms with Crippen LogP contribution in [0.4, 0.5) is 17.1 Å². The summed E-state index contributed by atoms with van der Waals surface area (Å²) in [6.45, 7) is 2.10. The van der Waals surface area contributed by atoms with Crippen LogP contribution in [0.5, 0.6) is 11.5 Å². The van der Waals surface area contributed by atoms with Crippen molar-refractivity contribution in [3.63, 3.8) is 0 Å². The topological polar surface area (TPSA) is 81.9 Å². The zero-order valence-electron chi connectivity index (χ0n) is 17.6. The highest BCUT2D eigenvalue weighted by molar-refractivity contribution is 6.00. The van der Waals surface area contributed by atoms with Crippen molar-refractivity contribution < 1.29 is 19.2 Å². The number of nitro benzene ring substituents is 1. The van der Waals surface area contributed by atoms with Gasteiger partial charge in [0.2, 0.25) is 0 Å². The highest BCUT2D eigenvalue weighted by Crippen LogP contribution is 2.53. The fourth-order valence-electron chi connectivity index (χ4n) is 4.10. The number of ether oxygens (including phenoxy) is 2. The number of non-ortho nitro benzene ring substituents is 1. The SMILES string of the molecule is CCOC(=O)c1cccc2c1N(C1CC1)c1cc(Cc3ccc([N+](=O)[O-])cc3)ccc1O2. The highest BCUT2D eigenvalue weighted by Gasteiger charge is 2.39. The first-order valence-electron chi connectivity index (χ1n) is 10.7. The standard InChI is InChI=1S/C25H22N2O5/c1-2-31-25(28)20-4-3-5-23-24(20)26(18-11-12-18)21-15-17(8-13-22(21)32-23)14-16-6-9-19(10-7-16)27(29)30/h3-10,13,15,18H,2,11-12,14H2,1H3. The maximum atomic E-state index is 12.6. The Morgan fingerprint density at radius 2 is 1.84 bits per heavy atom. The fraction of sp³-hybridized carbons (Fsp3) is 0.240.